The van der Waals surface area contributed by atoms with Crippen molar-refractivity contribution >= 4 is 18.1 Å². The highest BCUT2D eigenvalue weighted by atomic mass is 32.1. The number of nitrogens with zero attached hydrogens (tertiary/aromatic N) is 2. The fraction of sp³-hybridized carbons (Fsp3) is 0.471. The average molecular weight is 348 g/mol. The third-order valence-corrected chi connectivity index (χ3v) is 4.37. The van der Waals surface area contributed by atoms with Crippen LogP contribution >= 0.6 is 12.2 Å². The van der Waals surface area contributed by atoms with E-state index in [1.807, 2.05) is 35.8 Å². The summed E-state index contributed by atoms with van der Waals surface area (Å²) in [5, 5.41) is 10.1. The molecule has 0 spiro atoms. The molecule has 2 rings (SSSR count). The predicted molar refractivity (Wildman–Crippen MR) is 96.5 cm³/mol. The van der Waals surface area contributed by atoms with E-state index >= 15 is 0 Å². The van der Waals surface area contributed by atoms with Gasteiger partial charge >= 0.3 is 0 Å². The van der Waals surface area contributed by atoms with Crippen LogP contribution in [0, 0.1) is 10.7 Å². The molecular formula is C17H24N4O2S. The normalized spacial score (nSPS) is 12.2. The summed E-state index contributed by atoms with van der Waals surface area (Å²) in [6, 6.07) is 7.72. The van der Waals surface area contributed by atoms with E-state index in [4.69, 9.17) is 17.0 Å². The van der Waals surface area contributed by atoms with E-state index in [9.17, 15) is 4.79 Å². The summed E-state index contributed by atoms with van der Waals surface area (Å²) in [6.45, 7) is 6.65. The van der Waals surface area contributed by atoms with Crippen LogP contribution in [0.25, 0.3) is 11.4 Å². The maximum absolute atomic E-state index is 12.1. The number of methoxy groups -OCH3 is 1. The lowest BCUT2D eigenvalue weighted by Crippen LogP contribution is -2.36. The predicted octanol–water partition coefficient (Wildman–Crippen LogP) is 3.17. The largest absolute Gasteiger partial charge is 0.497 e. The first-order chi connectivity index (χ1) is 11.4. The number of carbonyl (C=O) groups excluding carboxylic acids is 1. The molecule has 1 aromatic heterocycles. The second-order valence-corrected chi connectivity index (χ2v) is 6.47. The maximum atomic E-state index is 12.1. The molecule has 0 aliphatic heterocycles. The van der Waals surface area contributed by atoms with Crippen LogP contribution in [0.5, 0.6) is 5.75 Å². The monoisotopic (exact) mass is 348 g/mol. The number of ether oxygens (including phenoxy) is 1. The number of amides is 1. The number of hydrogen-bond donors (Lipinski definition) is 2. The molecule has 2 N–H and O–H groups in total. The van der Waals surface area contributed by atoms with Crippen LogP contribution in [0.2, 0.25) is 0 Å². The van der Waals surface area contributed by atoms with Crippen LogP contribution in [0.3, 0.4) is 0 Å². The van der Waals surface area contributed by atoms with Crippen LogP contribution in [0.1, 0.15) is 27.2 Å². The number of aromatic amines is 1. The standard InChI is InChI=1S/C17H24N4O2S/c1-11(2)12(3)18-15(22)9-10-21-16(19-20-17(21)24)13-5-7-14(23-4)8-6-13/h5-8,11-12H,9-10H2,1-4H3,(H,18,22)(H,20,24). The number of nitrogens with one attached hydrogen (secondary N) is 2. The molecule has 130 valence electrons. The van der Waals surface area contributed by atoms with E-state index in [1.54, 1.807) is 7.11 Å². The van der Waals surface area contributed by atoms with Gasteiger partial charge in [-0.1, -0.05) is 13.8 Å². The molecule has 1 heterocycles. The average Bonchev–Trinajstić information content (AvgIpc) is 2.93. The van der Waals surface area contributed by atoms with E-state index in [0.29, 0.717) is 29.5 Å². The molecule has 0 bridgehead atoms. The molecular weight excluding hydrogens is 324 g/mol. The molecule has 0 saturated carbocycles. The Morgan fingerprint density at radius 3 is 2.58 bits per heavy atom. The lowest BCUT2D eigenvalue weighted by atomic mass is 10.1. The molecule has 1 aromatic carbocycles. The molecule has 0 aliphatic carbocycles. The number of H-pyrrole nitrogens is 1. The van der Waals surface area contributed by atoms with Crippen LogP contribution in [0.15, 0.2) is 24.3 Å². The Morgan fingerprint density at radius 1 is 1.33 bits per heavy atom. The van der Waals surface area contributed by atoms with Crippen molar-refractivity contribution in [2.24, 2.45) is 5.92 Å². The lowest BCUT2D eigenvalue weighted by molar-refractivity contribution is -0.122. The van der Waals surface area contributed by atoms with E-state index in [1.165, 1.54) is 0 Å². The van der Waals surface area contributed by atoms with E-state index in [2.05, 4.69) is 29.4 Å². The van der Waals surface area contributed by atoms with Gasteiger partial charge in [0.1, 0.15) is 5.75 Å². The summed E-state index contributed by atoms with van der Waals surface area (Å²) in [4.78, 5) is 12.1. The van der Waals surface area contributed by atoms with Crippen molar-refractivity contribution in [3.8, 4) is 17.1 Å². The van der Waals surface area contributed by atoms with Crippen molar-refractivity contribution in [2.45, 2.75) is 39.8 Å². The van der Waals surface area contributed by atoms with Crippen LogP contribution in [0.4, 0.5) is 0 Å². The van der Waals surface area contributed by atoms with Gasteiger partial charge in [0.05, 0.1) is 7.11 Å². The molecule has 1 unspecified atom stereocenters. The minimum atomic E-state index is 0.0139. The molecule has 0 aliphatic rings. The van der Waals surface area contributed by atoms with E-state index in [0.717, 1.165) is 11.3 Å². The van der Waals surface area contributed by atoms with Gasteiger partial charge in [-0.05, 0) is 49.3 Å². The first-order valence-electron chi connectivity index (χ1n) is 8.01. The molecule has 0 saturated heterocycles. The summed E-state index contributed by atoms with van der Waals surface area (Å²) in [6.07, 6.45) is 0.355. The van der Waals surface area contributed by atoms with Crippen LogP contribution in [-0.2, 0) is 11.3 Å². The second kappa shape index (κ2) is 8.10. The Balaban J connectivity index is 2.09. The smallest absolute Gasteiger partial charge is 0.222 e. The molecule has 6 nitrogen and oxygen atoms in total. The molecule has 1 atom stereocenters. The topological polar surface area (TPSA) is 71.9 Å². The highest BCUT2D eigenvalue weighted by molar-refractivity contribution is 7.71. The minimum absolute atomic E-state index is 0.0139. The van der Waals surface area contributed by atoms with Gasteiger partial charge in [-0.25, -0.2) is 0 Å². The summed E-state index contributed by atoms with van der Waals surface area (Å²) in [7, 11) is 1.63. The molecule has 1 amide bonds. The Morgan fingerprint density at radius 2 is 2.00 bits per heavy atom. The molecule has 2 aromatic rings. The van der Waals surface area contributed by atoms with Gasteiger partial charge in [0.25, 0.3) is 0 Å². The number of carbonyl (C=O) groups is 1. The van der Waals surface area contributed by atoms with Gasteiger partial charge in [0, 0.05) is 24.6 Å². The number of rotatable bonds is 7. The lowest BCUT2D eigenvalue weighted by Gasteiger charge is -2.17. The first kappa shape index (κ1) is 18.2. The minimum Gasteiger partial charge on any atom is -0.497 e. The van der Waals surface area contributed by atoms with Gasteiger partial charge in [-0.2, -0.15) is 5.10 Å². The van der Waals surface area contributed by atoms with Gasteiger partial charge < -0.3 is 10.1 Å². The first-order valence-corrected chi connectivity index (χ1v) is 8.42. The summed E-state index contributed by atoms with van der Waals surface area (Å²) < 4.78 is 7.52. The molecule has 0 radical (unpaired) electrons. The highest BCUT2D eigenvalue weighted by Gasteiger charge is 2.13. The maximum Gasteiger partial charge on any atom is 0.222 e. The number of hydrogen-bond acceptors (Lipinski definition) is 4. The van der Waals surface area contributed by atoms with Gasteiger partial charge in [0.2, 0.25) is 5.91 Å². The highest BCUT2D eigenvalue weighted by Crippen LogP contribution is 2.21. The molecule has 24 heavy (non-hydrogen) atoms. The van der Waals surface area contributed by atoms with E-state index in [-0.39, 0.29) is 11.9 Å². The Hall–Kier alpha value is -2.15. The van der Waals surface area contributed by atoms with Crippen molar-refractivity contribution < 1.29 is 9.53 Å². The molecule has 7 heteroatoms. The summed E-state index contributed by atoms with van der Waals surface area (Å²) in [5.74, 6) is 1.91. The van der Waals surface area contributed by atoms with Crippen molar-refractivity contribution in [1.29, 1.82) is 0 Å². The second-order valence-electron chi connectivity index (χ2n) is 6.08. The zero-order valence-corrected chi connectivity index (χ0v) is 15.3. The fourth-order valence-electron chi connectivity index (χ4n) is 2.19. The van der Waals surface area contributed by atoms with E-state index < -0.39 is 0 Å². The third kappa shape index (κ3) is 4.44. The van der Waals surface area contributed by atoms with Gasteiger partial charge in [0.15, 0.2) is 10.6 Å². The summed E-state index contributed by atoms with van der Waals surface area (Å²) in [5.41, 5.74) is 0.916. The number of aromatic nitrogens is 3. The quantitative estimate of drug-likeness (QED) is 0.754. The zero-order chi connectivity index (χ0) is 17.7. The van der Waals surface area contributed by atoms with Crippen molar-refractivity contribution in [3.05, 3.63) is 29.0 Å². The van der Waals surface area contributed by atoms with Crippen LogP contribution in [-0.4, -0.2) is 33.8 Å². The van der Waals surface area contributed by atoms with Gasteiger partial charge in [-0.3, -0.25) is 14.5 Å². The van der Waals surface area contributed by atoms with Crippen LogP contribution < -0.4 is 10.1 Å². The SMILES string of the molecule is COc1ccc(-c2n[nH]c(=S)n2CCC(=O)NC(C)C(C)C)cc1. The Kier molecular flexibility index (Phi) is 6.14. The zero-order valence-electron chi connectivity index (χ0n) is 14.5. The number of benzene rings is 1. The van der Waals surface area contributed by atoms with Crippen molar-refractivity contribution in [2.75, 3.05) is 7.11 Å². The van der Waals surface area contributed by atoms with Crippen molar-refractivity contribution in [1.82, 2.24) is 20.1 Å². The summed E-state index contributed by atoms with van der Waals surface area (Å²) >= 11 is 5.29. The fourth-order valence-corrected chi connectivity index (χ4v) is 2.42. The molecule has 0 fully saturated rings. The van der Waals surface area contributed by atoms with Crippen molar-refractivity contribution in [3.63, 3.8) is 0 Å². The Bertz CT molecular complexity index is 734. The third-order valence-electron chi connectivity index (χ3n) is 4.06. The Labute approximate surface area is 147 Å². The van der Waals surface area contributed by atoms with Gasteiger partial charge in [-0.15, -0.1) is 0 Å².